The minimum absolute atomic E-state index is 0.0246. The molecule has 0 unspecified atom stereocenters. The molecule has 0 radical (unpaired) electrons. The summed E-state index contributed by atoms with van der Waals surface area (Å²) in [5.41, 5.74) is 1.41. The Bertz CT molecular complexity index is 779. The van der Waals surface area contributed by atoms with Crippen molar-refractivity contribution in [3.63, 3.8) is 0 Å². The van der Waals surface area contributed by atoms with Gasteiger partial charge in [0, 0.05) is 22.6 Å². The number of hydrogen-bond acceptors (Lipinski definition) is 3. The van der Waals surface area contributed by atoms with E-state index < -0.39 is 6.61 Å². The molecule has 3 rings (SSSR count). The van der Waals surface area contributed by atoms with Crippen molar-refractivity contribution in [2.24, 2.45) is 0 Å². The van der Waals surface area contributed by atoms with Gasteiger partial charge in [-0.2, -0.15) is 8.78 Å². The van der Waals surface area contributed by atoms with Gasteiger partial charge in [0.15, 0.2) is 11.5 Å². The minimum atomic E-state index is -2.92. The second kappa shape index (κ2) is 8.03. The van der Waals surface area contributed by atoms with E-state index in [1.807, 2.05) is 17.0 Å². The van der Waals surface area contributed by atoms with Crippen LogP contribution < -0.4 is 9.47 Å². The van der Waals surface area contributed by atoms with Crippen molar-refractivity contribution in [2.45, 2.75) is 32.0 Å². The Morgan fingerprint density at radius 1 is 1.19 bits per heavy atom. The second-order valence-corrected chi connectivity index (χ2v) is 6.95. The zero-order valence-corrected chi connectivity index (χ0v) is 15.7. The van der Waals surface area contributed by atoms with Crippen LogP contribution in [0, 0.1) is 0 Å². The Hall–Kier alpha value is -2.15. The molecule has 4 nitrogen and oxygen atoms in total. The molecule has 2 aromatic carbocycles. The van der Waals surface area contributed by atoms with Crippen molar-refractivity contribution in [1.82, 2.24) is 4.90 Å². The topological polar surface area (TPSA) is 38.8 Å². The molecule has 2 aromatic rings. The first-order valence-electron chi connectivity index (χ1n) is 8.16. The summed E-state index contributed by atoms with van der Waals surface area (Å²) in [7, 11) is 1.39. The highest BCUT2D eigenvalue weighted by Gasteiger charge is 2.33. The summed E-state index contributed by atoms with van der Waals surface area (Å²) in [4.78, 5) is 14.7. The number of amides is 1. The lowest BCUT2D eigenvalue weighted by atomic mass is 10.1. The van der Waals surface area contributed by atoms with Gasteiger partial charge in [0.2, 0.25) is 0 Å². The van der Waals surface area contributed by atoms with Crippen molar-refractivity contribution < 1.29 is 23.0 Å². The summed E-state index contributed by atoms with van der Waals surface area (Å²) in [6.07, 6.45) is 1.93. The normalized spacial score (nSPS) is 13.6. The van der Waals surface area contributed by atoms with Crippen molar-refractivity contribution >= 4 is 21.8 Å². The second-order valence-electron chi connectivity index (χ2n) is 6.03. The van der Waals surface area contributed by atoms with E-state index in [1.54, 1.807) is 24.3 Å². The van der Waals surface area contributed by atoms with Crippen LogP contribution in [0.25, 0.3) is 0 Å². The third kappa shape index (κ3) is 4.52. The Kier molecular flexibility index (Phi) is 5.76. The molecule has 1 aliphatic rings. The molecule has 1 saturated carbocycles. The highest BCUT2D eigenvalue weighted by atomic mass is 79.9. The van der Waals surface area contributed by atoms with E-state index in [0.717, 1.165) is 22.9 Å². The first kappa shape index (κ1) is 18.6. The number of hydrogen-bond donors (Lipinski definition) is 0. The molecular weight excluding hydrogens is 408 g/mol. The fourth-order valence-corrected chi connectivity index (χ4v) is 2.98. The molecule has 0 bridgehead atoms. The van der Waals surface area contributed by atoms with Crippen LogP contribution in [0.1, 0.15) is 28.8 Å². The zero-order valence-electron chi connectivity index (χ0n) is 14.1. The van der Waals surface area contributed by atoms with E-state index >= 15 is 0 Å². The van der Waals surface area contributed by atoms with Gasteiger partial charge < -0.3 is 14.4 Å². The number of carbonyl (C=O) groups is 1. The Labute approximate surface area is 158 Å². The van der Waals surface area contributed by atoms with Gasteiger partial charge in [0.05, 0.1) is 7.11 Å². The molecule has 0 N–H and O–H groups in total. The van der Waals surface area contributed by atoms with Gasteiger partial charge in [-0.25, -0.2) is 0 Å². The van der Waals surface area contributed by atoms with E-state index in [9.17, 15) is 13.6 Å². The van der Waals surface area contributed by atoms with Crippen LogP contribution in [0.5, 0.6) is 11.5 Å². The molecule has 0 atom stereocenters. The van der Waals surface area contributed by atoms with Crippen molar-refractivity contribution in [2.75, 3.05) is 7.11 Å². The lowest BCUT2D eigenvalue weighted by Gasteiger charge is -2.23. The maximum Gasteiger partial charge on any atom is 0.387 e. The van der Waals surface area contributed by atoms with E-state index in [-0.39, 0.29) is 23.4 Å². The predicted molar refractivity (Wildman–Crippen MR) is 96.7 cm³/mol. The standard InChI is InChI=1S/C19H18BrF2NO3/c1-25-17-10-12(2-9-16(17)26-19(21)22)11-23(15-7-8-15)18(24)13-3-5-14(20)6-4-13/h2-6,9-10,15,19H,7-8,11H2,1H3. The summed E-state index contributed by atoms with van der Waals surface area (Å²) >= 11 is 3.36. The number of carbonyl (C=O) groups excluding carboxylic acids is 1. The highest BCUT2D eigenvalue weighted by molar-refractivity contribution is 9.10. The largest absolute Gasteiger partial charge is 0.493 e. The molecule has 7 heteroatoms. The fourth-order valence-electron chi connectivity index (χ4n) is 2.71. The zero-order chi connectivity index (χ0) is 18.7. The molecule has 1 aliphatic carbocycles. The number of methoxy groups -OCH3 is 1. The van der Waals surface area contributed by atoms with E-state index in [1.165, 1.54) is 13.2 Å². The smallest absolute Gasteiger partial charge is 0.387 e. The number of benzene rings is 2. The lowest BCUT2D eigenvalue weighted by molar-refractivity contribution is -0.0512. The monoisotopic (exact) mass is 425 g/mol. The van der Waals surface area contributed by atoms with Crippen molar-refractivity contribution in [1.29, 1.82) is 0 Å². The third-order valence-electron chi connectivity index (χ3n) is 4.14. The molecule has 1 fully saturated rings. The first-order chi connectivity index (χ1) is 12.5. The van der Waals surface area contributed by atoms with Crippen molar-refractivity contribution in [3.8, 4) is 11.5 Å². The van der Waals surface area contributed by atoms with E-state index in [0.29, 0.717) is 12.1 Å². The molecule has 0 aromatic heterocycles. The van der Waals surface area contributed by atoms with Gasteiger partial charge in [-0.3, -0.25) is 4.79 Å². The molecule has 138 valence electrons. The van der Waals surface area contributed by atoms with Crippen LogP contribution in [-0.4, -0.2) is 30.6 Å². The Morgan fingerprint density at radius 3 is 2.46 bits per heavy atom. The summed E-state index contributed by atoms with van der Waals surface area (Å²) in [5.74, 6) is 0.143. The number of halogens is 3. The van der Waals surface area contributed by atoms with Gasteiger partial charge in [-0.1, -0.05) is 22.0 Å². The summed E-state index contributed by atoms with van der Waals surface area (Å²) in [5, 5.41) is 0. The van der Waals surface area contributed by atoms with Gasteiger partial charge >= 0.3 is 6.61 Å². The predicted octanol–water partition coefficient (Wildman–Crippen LogP) is 4.86. The van der Waals surface area contributed by atoms with Gasteiger partial charge in [0.1, 0.15) is 0 Å². The van der Waals surface area contributed by atoms with E-state index in [2.05, 4.69) is 20.7 Å². The van der Waals surface area contributed by atoms with Gasteiger partial charge in [-0.05, 0) is 54.8 Å². The number of alkyl halides is 2. The summed E-state index contributed by atoms with van der Waals surface area (Å²) < 4.78 is 35.4. The number of rotatable bonds is 7. The molecule has 26 heavy (non-hydrogen) atoms. The van der Waals surface area contributed by atoms with Crippen LogP contribution in [0.3, 0.4) is 0 Å². The lowest BCUT2D eigenvalue weighted by Crippen LogP contribution is -2.32. The molecule has 0 aliphatic heterocycles. The Morgan fingerprint density at radius 2 is 1.88 bits per heavy atom. The maximum atomic E-state index is 12.9. The number of nitrogens with zero attached hydrogens (tertiary/aromatic N) is 1. The average Bonchev–Trinajstić information content (AvgIpc) is 3.45. The van der Waals surface area contributed by atoms with E-state index in [4.69, 9.17) is 4.74 Å². The van der Waals surface area contributed by atoms with Crippen LogP contribution in [-0.2, 0) is 6.54 Å². The molecule has 0 spiro atoms. The van der Waals surface area contributed by atoms with Crippen molar-refractivity contribution in [3.05, 3.63) is 58.1 Å². The maximum absolute atomic E-state index is 12.9. The summed E-state index contributed by atoms with van der Waals surface area (Å²) in [6.45, 7) is -2.54. The molecule has 1 amide bonds. The van der Waals surface area contributed by atoms with Crippen LogP contribution in [0.2, 0.25) is 0 Å². The highest BCUT2D eigenvalue weighted by Crippen LogP contribution is 2.33. The fraction of sp³-hybridized carbons (Fsp3) is 0.316. The summed E-state index contributed by atoms with van der Waals surface area (Å²) in [6, 6.07) is 12.2. The molecule has 0 saturated heterocycles. The minimum Gasteiger partial charge on any atom is -0.493 e. The molecule has 0 heterocycles. The van der Waals surface area contributed by atoms with Gasteiger partial charge in [-0.15, -0.1) is 0 Å². The van der Waals surface area contributed by atoms with Crippen LogP contribution in [0.15, 0.2) is 46.9 Å². The Balaban J connectivity index is 1.80. The average molecular weight is 426 g/mol. The number of ether oxygens (including phenoxy) is 2. The quantitative estimate of drug-likeness (QED) is 0.635. The van der Waals surface area contributed by atoms with Crippen LogP contribution in [0.4, 0.5) is 8.78 Å². The third-order valence-corrected chi connectivity index (χ3v) is 4.67. The SMILES string of the molecule is COc1cc(CN(C(=O)c2ccc(Br)cc2)C2CC2)ccc1OC(F)F. The molecular formula is C19H18BrF2NO3. The first-order valence-corrected chi connectivity index (χ1v) is 8.95. The van der Waals surface area contributed by atoms with Crippen LogP contribution >= 0.6 is 15.9 Å². The van der Waals surface area contributed by atoms with Gasteiger partial charge in [0.25, 0.3) is 5.91 Å².